The van der Waals surface area contributed by atoms with Gasteiger partial charge in [0.15, 0.2) is 15.8 Å². The van der Waals surface area contributed by atoms with Gasteiger partial charge in [-0.2, -0.15) is 0 Å². The molecule has 2 heterocycles. The van der Waals surface area contributed by atoms with E-state index in [1.165, 1.54) is 35.1 Å². The third-order valence-electron chi connectivity index (χ3n) is 6.60. The van der Waals surface area contributed by atoms with Gasteiger partial charge in [0, 0.05) is 16.3 Å². The van der Waals surface area contributed by atoms with Crippen molar-refractivity contribution < 1.29 is 28.9 Å². The third-order valence-corrected chi connectivity index (χ3v) is 9.07. The van der Waals surface area contributed by atoms with Crippen LogP contribution < -0.4 is 19.1 Å². The number of aliphatic hydroxyl groups excluding tert-OH is 1. The summed E-state index contributed by atoms with van der Waals surface area (Å²) < 4.78 is 17.3. The molecule has 1 aliphatic heterocycles. The summed E-state index contributed by atoms with van der Waals surface area (Å²) in [6, 6.07) is 18.3. The van der Waals surface area contributed by atoms with Crippen LogP contribution in [0.2, 0.25) is 5.02 Å². The second kappa shape index (κ2) is 13.5. The number of amides is 1. The summed E-state index contributed by atoms with van der Waals surface area (Å²) in [5.74, 6) is 0.0896. The van der Waals surface area contributed by atoms with E-state index in [2.05, 4.69) is 10.2 Å². The lowest BCUT2D eigenvalue weighted by Gasteiger charge is -2.23. The van der Waals surface area contributed by atoms with Crippen LogP contribution in [-0.2, 0) is 15.3 Å². The number of hydrogen-bond donors (Lipinski definition) is 1. The SMILES string of the molecule is CCOc1ccc(/C(O)=C2/C(=O)C(=O)N(c3nnc(SCc4ccccc4Cl)s3)C2c2ccc(OCC)c(OC)c2)cc1. The van der Waals surface area contributed by atoms with Gasteiger partial charge in [0.2, 0.25) is 5.13 Å². The molecular weight excluding hydrogens is 610 g/mol. The molecule has 1 aromatic heterocycles. The molecule has 0 bridgehead atoms. The molecule has 5 rings (SSSR count). The molecule has 1 saturated heterocycles. The zero-order chi connectivity index (χ0) is 30.5. The summed E-state index contributed by atoms with van der Waals surface area (Å²) in [5.41, 5.74) is 1.73. The van der Waals surface area contributed by atoms with Gasteiger partial charge in [0.1, 0.15) is 11.5 Å². The smallest absolute Gasteiger partial charge is 0.301 e. The van der Waals surface area contributed by atoms with Gasteiger partial charge in [-0.05, 0) is 67.4 Å². The topological polar surface area (TPSA) is 111 Å². The lowest BCUT2D eigenvalue weighted by atomic mass is 9.95. The zero-order valence-corrected chi connectivity index (χ0v) is 26.0. The fraction of sp³-hybridized carbons (Fsp3) is 0.226. The Kier molecular flexibility index (Phi) is 9.54. The van der Waals surface area contributed by atoms with Crippen LogP contribution in [0.5, 0.6) is 17.2 Å². The van der Waals surface area contributed by atoms with Gasteiger partial charge in [-0.3, -0.25) is 14.5 Å². The van der Waals surface area contributed by atoms with Crippen molar-refractivity contribution in [2.75, 3.05) is 25.2 Å². The normalized spacial score (nSPS) is 16.0. The number of ketones is 1. The molecule has 0 spiro atoms. The molecule has 0 aliphatic carbocycles. The molecular formula is C31H28ClN3O6S2. The molecule has 0 radical (unpaired) electrons. The highest BCUT2D eigenvalue weighted by Gasteiger charge is 2.48. The summed E-state index contributed by atoms with van der Waals surface area (Å²) in [6.45, 7) is 4.63. The summed E-state index contributed by atoms with van der Waals surface area (Å²) in [6.07, 6.45) is 0. The van der Waals surface area contributed by atoms with E-state index < -0.39 is 17.7 Å². The van der Waals surface area contributed by atoms with Crippen molar-refractivity contribution in [2.45, 2.75) is 30.0 Å². The molecule has 1 fully saturated rings. The minimum Gasteiger partial charge on any atom is -0.507 e. The van der Waals surface area contributed by atoms with E-state index >= 15 is 0 Å². The molecule has 12 heteroatoms. The predicted octanol–water partition coefficient (Wildman–Crippen LogP) is 6.92. The number of rotatable bonds is 11. The molecule has 0 saturated carbocycles. The molecule has 9 nitrogen and oxygen atoms in total. The van der Waals surface area contributed by atoms with Crippen molar-refractivity contribution in [3.8, 4) is 17.2 Å². The number of halogens is 1. The van der Waals surface area contributed by atoms with Crippen LogP contribution in [-0.4, -0.2) is 47.3 Å². The monoisotopic (exact) mass is 637 g/mol. The van der Waals surface area contributed by atoms with Crippen LogP contribution in [0.1, 0.15) is 36.6 Å². The quantitative estimate of drug-likeness (QED) is 0.0616. The number of aromatic nitrogens is 2. The molecule has 3 aromatic carbocycles. The van der Waals surface area contributed by atoms with Crippen molar-refractivity contribution >= 4 is 57.3 Å². The largest absolute Gasteiger partial charge is 0.507 e. The third kappa shape index (κ3) is 6.34. The van der Waals surface area contributed by atoms with Crippen LogP contribution >= 0.6 is 34.7 Å². The second-order valence-electron chi connectivity index (χ2n) is 9.20. The number of hydrogen-bond acceptors (Lipinski definition) is 10. The highest BCUT2D eigenvalue weighted by atomic mass is 35.5. The van der Waals surface area contributed by atoms with Crippen molar-refractivity contribution in [1.29, 1.82) is 0 Å². The van der Waals surface area contributed by atoms with Crippen LogP contribution in [0, 0.1) is 0 Å². The minimum atomic E-state index is -1.01. The van der Waals surface area contributed by atoms with Crippen LogP contribution in [0.3, 0.4) is 0 Å². The lowest BCUT2D eigenvalue weighted by Crippen LogP contribution is -2.29. The fourth-order valence-corrected chi connectivity index (χ4v) is 6.77. The maximum atomic E-state index is 13.6. The molecule has 4 aromatic rings. The fourth-order valence-electron chi connectivity index (χ4n) is 4.62. The average Bonchev–Trinajstić information content (AvgIpc) is 3.59. The number of thioether (sulfide) groups is 1. The lowest BCUT2D eigenvalue weighted by molar-refractivity contribution is -0.132. The number of carbonyl (C=O) groups excluding carboxylic acids is 2. The van der Waals surface area contributed by atoms with Gasteiger partial charge in [-0.15, -0.1) is 10.2 Å². The average molecular weight is 638 g/mol. The molecule has 1 unspecified atom stereocenters. The Morgan fingerprint density at radius 3 is 2.44 bits per heavy atom. The van der Waals surface area contributed by atoms with Crippen molar-refractivity contribution in [3.05, 3.63) is 94.0 Å². The summed E-state index contributed by atoms with van der Waals surface area (Å²) in [4.78, 5) is 28.5. The number of nitrogens with zero attached hydrogens (tertiary/aromatic N) is 3. The van der Waals surface area contributed by atoms with Gasteiger partial charge in [0.05, 0.1) is 31.9 Å². The Labute approximate surface area is 262 Å². The molecule has 222 valence electrons. The second-order valence-corrected chi connectivity index (χ2v) is 11.8. The van der Waals surface area contributed by atoms with Crippen molar-refractivity contribution in [1.82, 2.24) is 10.2 Å². The number of aliphatic hydroxyl groups is 1. The summed E-state index contributed by atoms with van der Waals surface area (Å²) in [5, 5.41) is 20.9. The van der Waals surface area contributed by atoms with E-state index in [0.717, 1.165) is 5.56 Å². The van der Waals surface area contributed by atoms with E-state index in [1.807, 2.05) is 38.1 Å². The number of benzene rings is 3. The van der Waals surface area contributed by atoms with Gasteiger partial charge in [0.25, 0.3) is 5.78 Å². The number of methoxy groups -OCH3 is 1. The van der Waals surface area contributed by atoms with Crippen LogP contribution in [0.25, 0.3) is 5.76 Å². The van der Waals surface area contributed by atoms with E-state index in [0.29, 0.717) is 56.7 Å². The number of Topliss-reactive ketones (excluding diaryl/α,β-unsaturated/α-hetero) is 1. The van der Waals surface area contributed by atoms with Gasteiger partial charge in [-0.25, -0.2) is 0 Å². The van der Waals surface area contributed by atoms with Crippen LogP contribution in [0.4, 0.5) is 5.13 Å². The van der Waals surface area contributed by atoms with E-state index in [9.17, 15) is 14.7 Å². The van der Waals surface area contributed by atoms with E-state index in [4.69, 9.17) is 25.8 Å². The van der Waals surface area contributed by atoms with Crippen molar-refractivity contribution in [3.63, 3.8) is 0 Å². The molecule has 1 atom stereocenters. The Morgan fingerprint density at radius 1 is 1.00 bits per heavy atom. The van der Waals surface area contributed by atoms with Gasteiger partial charge in [-0.1, -0.05) is 59.0 Å². The minimum absolute atomic E-state index is 0.0826. The maximum Gasteiger partial charge on any atom is 0.301 e. The Morgan fingerprint density at radius 2 is 1.74 bits per heavy atom. The van der Waals surface area contributed by atoms with E-state index in [1.54, 1.807) is 42.5 Å². The zero-order valence-electron chi connectivity index (χ0n) is 23.6. The molecule has 1 aliphatic rings. The van der Waals surface area contributed by atoms with Gasteiger partial charge < -0.3 is 19.3 Å². The Hall–Kier alpha value is -4.06. The number of anilines is 1. The first kappa shape index (κ1) is 30.4. The van der Waals surface area contributed by atoms with Gasteiger partial charge >= 0.3 is 5.91 Å². The molecule has 1 N–H and O–H groups in total. The number of ether oxygens (including phenoxy) is 3. The van der Waals surface area contributed by atoms with Crippen LogP contribution in [0.15, 0.2) is 76.6 Å². The first-order valence-electron chi connectivity index (χ1n) is 13.4. The van der Waals surface area contributed by atoms with Crippen molar-refractivity contribution in [2.24, 2.45) is 0 Å². The number of carbonyl (C=O) groups is 2. The first-order valence-corrected chi connectivity index (χ1v) is 15.6. The standard InChI is InChI=1S/C31H28ClN3O6S2/c1-4-40-21-13-10-18(11-14-21)27(36)25-26(19-12-15-23(41-5-2)24(16-19)39-3)35(29(38)28(25)37)30-33-34-31(43-30)42-17-20-8-6-7-9-22(20)32/h6-16,26,36H,4-5,17H2,1-3H3/b27-25-. The first-order chi connectivity index (χ1) is 20.9. The van der Waals surface area contributed by atoms with E-state index in [-0.39, 0.29) is 16.5 Å². The summed E-state index contributed by atoms with van der Waals surface area (Å²) in [7, 11) is 1.51. The molecule has 43 heavy (non-hydrogen) atoms. The summed E-state index contributed by atoms with van der Waals surface area (Å²) >= 11 is 8.89. The highest BCUT2D eigenvalue weighted by molar-refractivity contribution is 8.00. The molecule has 1 amide bonds. The Balaban J connectivity index is 1.57. The maximum absolute atomic E-state index is 13.6. The predicted molar refractivity (Wildman–Crippen MR) is 167 cm³/mol. The highest BCUT2D eigenvalue weighted by Crippen LogP contribution is 2.45. The Bertz CT molecular complexity index is 1670.